The predicted molar refractivity (Wildman–Crippen MR) is 65.4 cm³/mol. The maximum Gasteiger partial charge on any atom is 0.412 e. The number of carbonyl (C=O) groups is 1. The highest BCUT2D eigenvalue weighted by Gasteiger charge is 2.35. The second-order valence-corrected chi connectivity index (χ2v) is 4.58. The van der Waals surface area contributed by atoms with Crippen LogP contribution in [0.2, 0.25) is 0 Å². The number of amides is 1. The zero-order valence-corrected chi connectivity index (χ0v) is 10.7. The lowest BCUT2D eigenvalue weighted by atomic mass is 10.1. The molecule has 1 aromatic rings. The van der Waals surface area contributed by atoms with Crippen molar-refractivity contribution in [2.45, 2.75) is 12.6 Å². The first kappa shape index (κ1) is 15.3. The Hall–Kier alpha value is -2.12. The summed E-state index contributed by atoms with van der Waals surface area (Å²) in [5, 5.41) is 0. The number of alkyl halides is 3. The lowest BCUT2D eigenvalue weighted by Gasteiger charge is -2.27. The molecule has 8 heteroatoms. The Morgan fingerprint density at radius 3 is 2.33 bits per heavy atom. The Kier molecular flexibility index (Phi) is 3.89. The molecule has 0 spiro atoms. The molecule has 0 bridgehead atoms. The Morgan fingerprint density at radius 1 is 1.19 bits per heavy atom. The third-order valence-electron chi connectivity index (χ3n) is 3.18. The Morgan fingerprint density at radius 2 is 1.81 bits per heavy atom. The van der Waals surface area contributed by atoms with Gasteiger partial charge in [-0.15, -0.1) is 0 Å². The van der Waals surface area contributed by atoms with E-state index in [1.165, 1.54) is 0 Å². The molecule has 114 valence electrons. The zero-order chi connectivity index (χ0) is 15.8. The van der Waals surface area contributed by atoms with Gasteiger partial charge in [0.15, 0.2) is 11.6 Å². The van der Waals surface area contributed by atoms with Crippen LogP contribution in [-0.4, -0.2) is 30.1 Å². The van der Waals surface area contributed by atoms with E-state index in [0.29, 0.717) is 12.1 Å². The fourth-order valence-corrected chi connectivity index (χ4v) is 2.03. The van der Waals surface area contributed by atoms with Gasteiger partial charge in [-0.1, -0.05) is 6.08 Å². The molecule has 0 radical (unpaired) electrons. The molecule has 0 saturated carbocycles. The van der Waals surface area contributed by atoms with Crippen molar-refractivity contribution in [1.82, 2.24) is 4.90 Å². The quantitative estimate of drug-likeness (QED) is 0.493. The predicted octanol–water partition coefficient (Wildman–Crippen LogP) is 2.88. The van der Waals surface area contributed by atoms with E-state index < -0.39 is 29.3 Å². The number of carbonyl (C=O) groups excluding carboxylic acids is 1. The van der Waals surface area contributed by atoms with Gasteiger partial charge in [0, 0.05) is 30.4 Å². The number of nitrogens with two attached hydrogens (primary N) is 1. The summed E-state index contributed by atoms with van der Waals surface area (Å²) < 4.78 is 63.5. The molecule has 1 amide bonds. The van der Waals surface area contributed by atoms with E-state index in [4.69, 9.17) is 5.73 Å². The van der Waals surface area contributed by atoms with Gasteiger partial charge in [0.2, 0.25) is 0 Å². The second kappa shape index (κ2) is 5.34. The number of nitrogens with zero attached hydrogens (tertiary/aromatic N) is 1. The molecule has 0 fully saturated rings. The maximum atomic E-state index is 13.1. The number of hydrogen-bond acceptors (Lipinski definition) is 2. The fourth-order valence-electron chi connectivity index (χ4n) is 2.03. The molecule has 1 aliphatic heterocycles. The lowest BCUT2D eigenvalue weighted by Crippen LogP contribution is -2.37. The number of rotatable bonds is 1. The molecule has 2 rings (SSSR count). The molecular weight excluding hydrogens is 295 g/mol. The fraction of sp³-hybridized carbons (Fsp3) is 0.308. The smallest absolute Gasteiger partial charge is 0.398 e. The average molecular weight is 306 g/mol. The molecule has 21 heavy (non-hydrogen) atoms. The summed E-state index contributed by atoms with van der Waals surface area (Å²) in [6, 6.07) is 1.32. The summed E-state index contributed by atoms with van der Waals surface area (Å²) in [6.07, 6.45) is -3.87. The van der Waals surface area contributed by atoms with Gasteiger partial charge < -0.3 is 10.6 Å². The number of anilines is 1. The van der Waals surface area contributed by atoms with Gasteiger partial charge in [-0.2, -0.15) is 13.2 Å². The van der Waals surface area contributed by atoms with Crippen molar-refractivity contribution in [2.75, 3.05) is 18.8 Å². The highest BCUT2D eigenvalue weighted by Crippen LogP contribution is 2.30. The van der Waals surface area contributed by atoms with Gasteiger partial charge in [0.05, 0.1) is 5.56 Å². The highest BCUT2D eigenvalue weighted by molar-refractivity contribution is 5.99. The second-order valence-electron chi connectivity index (χ2n) is 4.58. The molecule has 1 aromatic carbocycles. The third kappa shape index (κ3) is 3.14. The van der Waals surface area contributed by atoms with E-state index in [0.717, 1.165) is 11.0 Å². The van der Waals surface area contributed by atoms with Crippen LogP contribution in [0.4, 0.5) is 27.6 Å². The maximum absolute atomic E-state index is 13.1. The molecule has 0 aromatic heterocycles. The summed E-state index contributed by atoms with van der Waals surface area (Å²) in [6.45, 7) is -0.422. The van der Waals surface area contributed by atoms with Crippen molar-refractivity contribution in [3.8, 4) is 0 Å². The summed E-state index contributed by atoms with van der Waals surface area (Å²) >= 11 is 0. The number of hydrogen-bond donors (Lipinski definition) is 1. The van der Waals surface area contributed by atoms with Crippen molar-refractivity contribution in [2.24, 2.45) is 0 Å². The van der Waals surface area contributed by atoms with Crippen LogP contribution < -0.4 is 5.73 Å². The van der Waals surface area contributed by atoms with Crippen molar-refractivity contribution in [3.63, 3.8) is 0 Å². The van der Waals surface area contributed by atoms with Crippen molar-refractivity contribution in [3.05, 3.63) is 41.0 Å². The number of halogens is 5. The van der Waals surface area contributed by atoms with Crippen LogP contribution in [-0.2, 0) is 0 Å². The van der Waals surface area contributed by atoms with Crippen LogP contribution in [0.1, 0.15) is 16.8 Å². The van der Waals surface area contributed by atoms with Crippen LogP contribution >= 0.6 is 0 Å². The Labute approximate surface area is 116 Å². The molecule has 3 nitrogen and oxygen atoms in total. The van der Waals surface area contributed by atoms with Gasteiger partial charge >= 0.3 is 6.18 Å². The SMILES string of the molecule is Nc1cc(F)c(F)cc1C(=O)N1CC=C(C(F)(F)F)CC1. The molecular formula is C13H11F5N2O. The van der Waals surface area contributed by atoms with Gasteiger partial charge in [-0.25, -0.2) is 8.78 Å². The summed E-state index contributed by atoms with van der Waals surface area (Å²) in [5.74, 6) is -3.16. The summed E-state index contributed by atoms with van der Waals surface area (Å²) in [7, 11) is 0. The van der Waals surface area contributed by atoms with Gasteiger partial charge in [0.25, 0.3) is 5.91 Å². The van der Waals surface area contributed by atoms with Crippen LogP contribution in [0.3, 0.4) is 0 Å². The molecule has 1 heterocycles. The Bertz CT molecular complexity index is 609. The topological polar surface area (TPSA) is 46.3 Å². The third-order valence-corrected chi connectivity index (χ3v) is 3.18. The van der Waals surface area contributed by atoms with Gasteiger partial charge in [-0.05, 0) is 12.5 Å². The average Bonchev–Trinajstić information content (AvgIpc) is 2.41. The van der Waals surface area contributed by atoms with E-state index in [9.17, 15) is 26.7 Å². The van der Waals surface area contributed by atoms with E-state index in [1.54, 1.807) is 0 Å². The standard InChI is InChI=1S/C13H11F5N2O/c14-9-5-8(11(19)6-10(9)15)12(21)20-3-1-7(2-4-20)13(16,17)18/h1,5-6H,2-4,19H2. The minimum atomic E-state index is -4.42. The minimum absolute atomic E-state index is 0.164. The molecule has 0 unspecified atom stereocenters. The number of nitrogen functional groups attached to an aromatic ring is 1. The van der Waals surface area contributed by atoms with E-state index in [2.05, 4.69) is 0 Å². The minimum Gasteiger partial charge on any atom is -0.398 e. The molecule has 0 saturated heterocycles. The summed E-state index contributed by atoms with van der Waals surface area (Å²) in [4.78, 5) is 13.2. The van der Waals surface area contributed by atoms with E-state index >= 15 is 0 Å². The lowest BCUT2D eigenvalue weighted by molar-refractivity contribution is -0.0957. The Balaban J connectivity index is 2.20. The first-order chi connectivity index (χ1) is 9.70. The van der Waals surface area contributed by atoms with Crippen LogP contribution in [0.25, 0.3) is 0 Å². The van der Waals surface area contributed by atoms with E-state index in [1.807, 2.05) is 0 Å². The van der Waals surface area contributed by atoms with Crippen LogP contribution in [0.15, 0.2) is 23.8 Å². The molecule has 0 aliphatic carbocycles. The van der Waals surface area contributed by atoms with Crippen LogP contribution in [0.5, 0.6) is 0 Å². The van der Waals surface area contributed by atoms with Crippen molar-refractivity contribution < 1.29 is 26.7 Å². The summed E-state index contributed by atoms with van der Waals surface area (Å²) in [5.41, 5.74) is 4.22. The normalized spacial score (nSPS) is 15.9. The first-order valence-corrected chi connectivity index (χ1v) is 6.00. The first-order valence-electron chi connectivity index (χ1n) is 6.00. The zero-order valence-electron chi connectivity index (χ0n) is 10.7. The van der Waals surface area contributed by atoms with Gasteiger partial charge in [-0.3, -0.25) is 4.79 Å². The van der Waals surface area contributed by atoms with Gasteiger partial charge in [0.1, 0.15) is 0 Å². The van der Waals surface area contributed by atoms with Crippen molar-refractivity contribution in [1.29, 1.82) is 0 Å². The largest absolute Gasteiger partial charge is 0.412 e. The molecule has 0 atom stereocenters. The highest BCUT2D eigenvalue weighted by atomic mass is 19.4. The molecule has 1 aliphatic rings. The van der Waals surface area contributed by atoms with E-state index in [-0.39, 0.29) is 30.8 Å². The molecule has 2 N–H and O–H groups in total. The van der Waals surface area contributed by atoms with Crippen LogP contribution in [0, 0.1) is 11.6 Å². The van der Waals surface area contributed by atoms with Crippen molar-refractivity contribution >= 4 is 11.6 Å². The monoisotopic (exact) mass is 306 g/mol. The number of benzene rings is 1.